The van der Waals surface area contributed by atoms with Crippen molar-refractivity contribution in [1.29, 1.82) is 0 Å². The molecule has 3 aromatic rings. The van der Waals surface area contributed by atoms with Gasteiger partial charge in [-0.25, -0.2) is 8.78 Å². The summed E-state index contributed by atoms with van der Waals surface area (Å²) in [4.78, 5) is 33.1. The minimum absolute atomic E-state index is 0.0223. The molecule has 40 heavy (non-hydrogen) atoms. The molecule has 8 nitrogen and oxygen atoms in total. The molecule has 2 heterocycles. The molecule has 1 amide bonds. The van der Waals surface area contributed by atoms with E-state index in [-0.39, 0.29) is 11.2 Å². The monoisotopic (exact) mass is 546 g/mol. The van der Waals surface area contributed by atoms with E-state index in [9.17, 15) is 18.4 Å². The fourth-order valence-corrected chi connectivity index (χ4v) is 6.45. The molecule has 2 bridgehead atoms. The van der Waals surface area contributed by atoms with Crippen LogP contribution in [0.3, 0.4) is 0 Å². The van der Waals surface area contributed by atoms with Gasteiger partial charge in [-0.3, -0.25) is 14.6 Å². The van der Waals surface area contributed by atoms with Gasteiger partial charge in [-0.05, 0) is 80.7 Å². The second kappa shape index (κ2) is 10.1. The van der Waals surface area contributed by atoms with Gasteiger partial charge in [0.2, 0.25) is 0 Å². The van der Waals surface area contributed by atoms with Crippen molar-refractivity contribution in [2.24, 2.45) is 16.8 Å². The normalized spacial score (nSPS) is 23.8. The van der Waals surface area contributed by atoms with Crippen molar-refractivity contribution in [3.8, 4) is 5.69 Å². The van der Waals surface area contributed by atoms with E-state index in [1.54, 1.807) is 12.1 Å². The molecule has 0 radical (unpaired) electrons. The van der Waals surface area contributed by atoms with Crippen molar-refractivity contribution < 1.29 is 13.6 Å². The number of para-hydroxylation sites is 1. The van der Waals surface area contributed by atoms with E-state index in [2.05, 4.69) is 22.2 Å². The van der Waals surface area contributed by atoms with E-state index >= 15 is 0 Å². The zero-order chi connectivity index (χ0) is 28.0. The Morgan fingerprint density at radius 3 is 2.50 bits per heavy atom. The minimum atomic E-state index is -0.963. The summed E-state index contributed by atoms with van der Waals surface area (Å²) in [6, 6.07) is 9.03. The van der Waals surface area contributed by atoms with Gasteiger partial charge in [-0.1, -0.05) is 13.0 Å². The summed E-state index contributed by atoms with van der Waals surface area (Å²) in [6.45, 7) is 3.79. The Morgan fingerprint density at radius 1 is 1.10 bits per heavy atom. The molecular weight excluding hydrogens is 514 g/mol. The van der Waals surface area contributed by atoms with Crippen LogP contribution in [0.1, 0.15) is 61.5 Å². The van der Waals surface area contributed by atoms with E-state index in [1.165, 1.54) is 25.0 Å². The number of carbonyl (C=O) groups excluding carboxylic acids is 1. The molecule has 3 aliphatic rings. The Kier molecular flexibility index (Phi) is 6.64. The van der Waals surface area contributed by atoms with Crippen LogP contribution >= 0.6 is 0 Å². The third-order valence-electron chi connectivity index (χ3n) is 8.59. The lowest BCUT2D eigenvalue weighted by Gasteiger charge is -2.26. The summed E-state index contributed by atoms with van der Waals surface area (Å²) >= 11 is 0. The smallest absolute Gasteiger partial charge is 0.276 e. The number of carbonyl (C=O) groups is 1. The molecule has 1 aromatic heterocycles. The van der Waals surface area contributed by atoms with E-state index in [0.29, 0.717) is 22.0 Å². The molecule has 2 aliphatic carbocycles. The van der Waals surface area contributed by atoms with Crippen LogP contribution in [-0.2, 0) is 0 Å². The van der Waals surface area contributed by atoms with Gasteiger partial charge in [0, 0.05) is 36.6 Å². The van der Waals surface area contributed by atoms with Crippen molar-refractivity contribution in [2.75, 3.05) is 29.0 Å². The average Bonchev–Trinajstić information content (AvgIpc) is 3.66. The van der Waals surface area contributed by atoms with Gasteiger partial charge in [0.1, 0.15) is 11.4 Å². The number of nitrogens with one attached hydrogen (secondary N) is 1. The Labute approximate surface area is 230 Å². The first-order chi connectivity index (χ1) is 19.2. The molecule has 10 heteroatoms. The molecule has 6 rings (SSSR count). The summed E-state index contributed by atoms with van der Waals surface area (Å²) in [5.41, 5.74) is 7.55. The molecule has 1 saturated heterocycles. The first-order valence-corrected chi connectivity index (χ1v) is 13.8. The molecule has 1 atom stereocenters. The number of anilines is 3. The van der Waals surface area contributed by atoms with Crippen LogP contribution in [0.25, 0.3) is 5.69 Å². The zero-order valence-electron chi connectivity index (χ0n) is 22.4. The molecule has 208 valence electrons. The standard InChI is InChI=1S/C30H32F2N6O2/c1-18-11-14-37(17-18)27-20(16-34-30-12-9-19(15-30)10-13-30)23(33)5-6-24(27)35-29(40)25-7-8-26(39)38(36-25)28-21(31)3-2-4-22(28)32/h2-8,16,18-19H,9-15,17,33H2,1H3,(H,35,40). The summed E-state index contributed by atoms with van der Waals surface area (Å²) in [7, 11) is 0. The number of fused-ring (bicyclic) bond motifs is 2. The lowest BCUT2D eigenvalue weighted by Crippen LogP contribution is -2.27. The molecular formula is C30H32F2N6O2. The lowest BCUT2D eigenvalue weighted by molar-refractivity contribution is 0.102. The number of aromatic nitrogens is 2. The summed E-state index contributed by atoms with van der Waals surface area (Å²) in [6.07, 6.45) is 8.60. The number of nitrogens with two attached hydrogens (primary N) is 1. The SMILES string of the molecule is CC1CCN(c2c(NC(=O)c3ccc(=O)n(-c4c(F)cccc4F)n3)ccc(N)c2C=NC23CCC(CC2)C3)C1. The number of amides is 1. The number of benzene rings is 2. The highest BCUT2D eigenvalue weighted by atomic mass is 19.1. The molecule has 1 aliphatic heterocycles. The molecule has 2 saturated carbocycles. The minimum Gasteiger partial charge on any atom is -0.398 e. The third-order valence-corrected chi connectivity index (χ3v) is 8.59. The predicted octanol–water partition coefficient (Wildman–Crippen LogP) is 4.94. The average molecular weight is 547 g/mol. The topological polar surface area (TPSA) is 106 Å². The van der Waals surface area contributed by atoms with Crippen molar-refractivity contribution in [3.05, 3.63) is 75.7 Å². The van der Waals surface area contributed by atoms with Gasteiger partial charge in [0.25, 0.3) is 11.5 Å². The highest BCUT2D eigenvalue weighted by molar-refractivity contribution is 6.08. The quantitative estimate of drug-likeness (QED) is 0.337. The Balaban J connectivity index is 1.37. The van der Waals surface area contributed by atoms with E-state index in [0.717, 1.165) is 74.1 Å². The molecule has 1 unspecified atom stereocenters. The highest BCUT2D eigenvalue weighted by Crippen LogP contribution is 2.50. The van der Waals surface area contributed by atoms with Crippen molar-refractivity contribution in [3.63, 3.8) is 0 Å². The van der Waals surface area contributed by atoms with Crippen LogP contribution in [0.4, 0.5) is 25.8 Å². The van der Waals surface area contributed by atoms with Crippen molar-refractivity contribution >= 4 is 29.2 Å². The summed E-state index contributed by atoms with van der Waals surface area (Å²) < 4.78 is 29.4. The summed E-state index contributed by atoms with van der Waals surface area (Å²) in [5, 5.41) is 6.91. The largest absolute Gasteiger partial charge is 0.398 e. The fourth-order valence-electron chi connectivity index (χ4n) is 6.45. The fraction of sp³-hybridized carbons (Fsp3) is 0.400. The molecule has 0 spiro atoms. The molecule has 2 aromatic carbocycles. The maximum absolute atomic E-state index is 14.4. The number of hydrogen-bond donors (Lipinski definition) is 2. The van der Waals surface area contributed by atoms with Gasteiger partial charge in [0.05, 0.1) is 16.9 Å². The zero-order valence-corrected chi connectivity index (χ0v) is 22.4. The highest BCUT2D eigenvalue weighted by Gasteiger charge is 2.44. The Morgan fingerprint density at radius 2 is 1.85 bits per heavy atom. The van der Waals surface area contributed by atoms with Crippen LogP contribution in [0, 0.1) is 23.5 Å². The number of hydrogen-bond acceptors (Lipinski definition) is 6. The number of rotatable bonds is 6. The van der Waals surface area contributed by atoms with E-state index in [1.807, 2.05) is 6.21 Å². The lowest BCUT2D eigenvalue weighted by atomic mass is 9.94. The number of nitrogen functional groups attached to an aromatic ring is 1. The van der Waals surface area contributed by atoms with Crippen LogP contribution in [0.2, 0.25) is 0 Å². The third kappa shape index (κ3) is 4.76. The van der Waals surface area contributed by atoms with Gasteiger partial charge >= 0.3 is 0 Å². The van der Waals surface area contributed by atoms with Gasteiger partial charge in [0.15, 0.2) is 11.6 Å². The first-order valence-electron chi connectivity index (χ1n) is 13.8. The van der Waals surface area contributed by atoms with E-state index in [4.69, 9.17) is 10.7 Å². The second-order valence-corrected chi connectivity index (χ2v) is 11.4. The number of nitrogens with zero attached hydrogens (tertiary/aromatic N) is 4. The number of aliphatic imine (C=N–C) groups is 1. The Hall–Kier alpha value is -4.08. The van der Waals surface area contributed by atoms with Gasteiger partial charge in [-0.15, -0.1) is 0 Å². The molecule has 3 N–H and O–H groups in total. The number of halogens is 2. The van der Waals surface area contributed by atoms with Crippen LogP contribution in [0.5, 0.6) is 0 Å². The van der Waals surface area contributed by atoms with Crippen LogP contribution < -0.4 is 21.5 Å². The van der Waals surface area contributed by atoms with Crippen molar-refractivity contribution in [1.82, 2.24) is 9.78 Å². The van der Waals surface area contributed by atoms with Gasteiger partial charge < -0.3 is 16.0 Å². The maximum atomic E-state index is 14.4. The first kappa shape index (κ1) is 26.2. The maximum Gasteiger partial charge on any atom is 0.276 e. The van der Waals surface area contributed by atoms with Crippen LogP contribution in [-0.4, -0.2) is 40.5 Å². The Bertz CT molecular complexity index is 1540. The van der Waals surface area contributed by atoms with E-state index < -0.39 is 28.8 Å². The van der Waals surface area contributed by atoms with Gasteiger partial charge in [-0.2, -0.15) is 9.78 Å². The molecule has 3 fully saturated rings. The van der Waals surface area contributed by atoms with Crippen molar-refractivity contribution in [2.45, 2.75) is 51.0 Å². The van der Waals surface area contributed by atoms with Crippen LogP contribution in [0.15, 0.2) is 52.3 Å². The predicted molar refractivity (Wildman–Crippen MR) is 151 cm³/mol. The summed E-state index contributed by atoms with van der Waals surface area (Å²) in [5.74, 6) is -1.32. The second-order valence-electron chi connectivity index (χ2n) is 11.4.